The number of hydrogen-bond acceptors (Lipinski definition) is 5. The molecule has 2 heterocycles. The Kier molecular flexibility index (Phi) is 5.44. The van der Waals surface area contributed by atoms with Crippen molar-refractivity contribution < 1.29 is 13.7 Å². The van der Waals surface area contributed by atoms with E-state index < -0.39 is 21.8 Å². The van der Waals surface area contributed by atoms with Crippen LogP contribution in [0.5, 0.6) is 5.75 Å². The van der Waals surface area contributed by atoms with Gasteiger partial charge >= 0.3 is 0 Å². The molecule has 0 spiro atoms. The van der Waals surface area contributed by atoms with Crippen LogP contribution in [0.4, 0.5) is 0 Å². The number of nitrogens with zero attached hydrogens (tertiary/aromatic N) is 2. The monoisotopic (exact) mass is 432 g/mol. The summed E-state index contributed by atoms with van der Waals surface area (Å²) in [6.45, 7) is 0.234. The van der Waals surface area contributed by atoms with E-state index in [9.17, 15) is 9.00 Å². The number of ether oxygens (including phenoxy) is 1. The standard InChI is InChI=1S/C20H14Cl2N2O3S/c21-13-6-7-14(22)19(27-10-12-4-2-1-3-5-12)16(13)20-18(25)17-15(11-28(20)26)23-8-9-24-17/h1-9,20H,10-11H2. The lowest BCUT2D eigenvalue weighted by molar-refractivity contribution is 0.0978. The van der Waals surface area contributed by atoms with E-state index in [1.807, 2.05) is 30.3 Å². The zero-order valence-corrected chi connectivity index (χ0v) is 16.8. The van der Waals surface area contributed by atoms with Crippen LogP contribution in [0.2, 0.25) is 10.0 Å². The minimum absolute atomic E-state index is 0.112. The number of aromatic nitrogens is 2. The normalized spacial score (nSPS) is 18.6. The molecule has 2 atom stereocenters. The summed E-state index contributed by atoms with van der Waals surface area (Å²) < 4.78 is 18.9. The Morgan fingerprint density at radius 3 is 2.54 bits per heavy atom. The second kappa shape index (κ2) is 7.99. The molecule has 0 saturated heterocycles. The first-order valence-electron chi connectivity index (χ1n) is 8.42. The van der Waals surface area contributed by atoms with Crippen molar-refractivity contribution in [1.29, 1.82) is 0 Å². The van der Waals surface area contributed by atoms with Gasteiger partial charge in [-0.1, -0.05) is 53.5 Å². The minimum Gasteiger partial charge on any atom is -0.487 e. The highest BCUT2D eigenvalue weighted by atomic mass is 35.5. The Morgan fingerprint density at radius 2 is 1.75 bits per heavy atom. The lowest BCUT2D eigenvalue weighted by atomic mass is 10.0. The number of hydrogen-bond donors (Lipinski definition) is 0. The Hall–Kier alpha value is -2.28. The molecule has 0 bridgehead atoms. The molecule has 4 rings (SSSR count). The van der Waals surface area contributed by atoms with Crippen molar-refractivity contribution in [3.63, 3.8) is 0 Å². The Morgan fingerprint density at radius 1 is 1.04 bits per heavy atom. The van der Waals surface area contributed by atoms with E-state index in [0.29, 0.717) is 16.3 Å². The maximum atomic E-state index is 13.1. The molecule has 28 heavy (non-hydrogen) atoms. The van der Waals surface area contributed by atoms with Gasteiger partial charge in [0.15, 0.2) is 0 Å². The number of rotatable bonds is 4. The first kappa shape index (κ1) is 19.1. The van der Waals surface area contributed by atoms with Gasteiger partial charge in [-0.2, -0.15) is 0 Å². The molecule has 0 aliphatic carbocycles. The van der Waals surface area contributed by atoms with Gasteiger partial charge in [0.25, 0.3) is 0 Å². The molecule has 2 aromatic carbocycles. The van der Waals surface area contributed by atoms with Crippen molar-refractivity contribution in [3.05, 3.63) is 87.4 Å². The molecule has 8 heteroatoms. The smallest absolute Gasteiger partial charge is 0.203 e. The second-order valence-electron chi connectivity index (χ2n) is 6.17. The number of Topliss-reactive ketones (excluding diaryl/α,β-unsaturated/α-hetero) is 1. The van der Waals surface area contributed by atoms with Crippen molar-refractivity contribution in [1.82, 2.24) is 9.97 Å². The molecule has 0 fully saturated rings. The molecule has 0 radical (unpaired) electrons. The maximum absolute atomic E-state index is 13.1. The molecule has 2 unspecified atom stereocenters. The predicted octanol–water partition coefficient (Wildman–Crippen LogP) is 4.55. The number of halogens is 2. The van der Waals surface area contributed by atoms with Crippen LogP contribution in [-0.4, -0.2) is 20.0 Å². The van der Waals surface area contributed by atoms with Crippen LogP contribution in [0, 0.1) is 0 Å². The van der Waals surface area contributed by atoms with Crippen molar-refractivity contribution in [2.45, 2.75) is 17.6 Å². The third-order valence-electron chi connectivity index (χ3n) is 4.37. The van der Waals surface area contributed by atoms with E-state index in [1.165, 1.54) is 12.4 Å². The van der Waals surface area contributed by atoms with Gasteiger partial charge in [-0.05, 0) is 17.7 Å². The van der Waals surface area contributed by atoms with Crippen molar-refractivity contribution >= 4 is 39.8 Å². The summed E-state index contributed by atoms with van der Waals surface area (Å²) in [7, 11) is -1.57. The molecule has 142 valence electrons. The first-order chi connectivity index (χ1) is 13.6. The third-order valence-corrected chi connectivity index (χ3v) is 6.53. The minimum atomic E-state index is -1.57. The molecule has 0 saturated carbocycles. The summed E-state index contributed by atoms with van der Waals surface area (Å²) in [6, 6.07) is 12.7. The third kappa shape index (κ3) is 3.55. The molecule has 1 aromatic heterocycles. The summed E-state index contributed by atoms with van der Waals surface area (Å²) in [4.78, 5) is 21.3. The first-order valence-corrected chi connectivity index (χ1v) is 10.6. The molecule has 0 amide bonds. The number of carbonyl (C=O) groups excluding carboxylic acids is 1. The zero-order chi connectivity index (χ0) is 19.7. The molecular formula is C20H14Cl2N2O3S. The van der Waals surface area contributed by atoms with E-state index in [4.69, 9.17) is 27.9 Å². The van der Waals surface area contributed by atoms with Gasteiger partial charge < -0.3 is 4.74 Å². The Labute approximate surface area is 174 Å². The average molecular weight is 433 g/mol. The van der Waals surface area contributed by atoms with Gasteiger partial charge in [0, 0.05) is 33.8 Å². The lowest BCUT2D eigenvalue weighted by Gasteiger charge is -2.25. The van der Waals surface area contributed by atoms with Gasteiger partial charge in [0.1, 0.15) is 23.3 Å². The Balaban J connectivity index is 1.76. The Bertz CT molecular complexity index is 1080. The number of fused-ring (bicyclic) bond motifs is 1. The molecule has 5 nitrogen and oxygen atoms in total. The fourth-order valence-corrected chi connectivity index (χ4v) is 5.11. The highest BCUT2D eigenvalue weighted by molar-refractivity contribution is 7.85. The van der Waals surface area contributed by atoms with E-state index in [-0.39, 0.29) is 28.8 Å². The van der Waals surface area contributed by atoms with Crippen molar-refractivity contribution in [3.8, 4) is 5.75 Å². The summed E-state index contributed by atoms with van der Waals surface area (Å²) >= 11 is 12.8. The van der Waals surface area contributed by atoms with Gasteiger partial charge in [-0.3, -0.25) is 14.0 Å². The fourth-order valence-electron chi connectivity index (χ4n) is 3.07. The predicted molar refractivity (Wildman–Crippen MR) is 108 cm³/mol. The van der Waals surface area contributed by atoms with Crippen molar-refractivity contribution in [2.24, 2.45) is 0 Å². The molecule has 3 aromatic rings. The largest absolute Gasteiger partial charge is 0.487 e. The van der Waals surface area contributed by atoms with Crippen LogP contribution < -0.4 is 4.74 Å². The molecule has 1 aliphatic rings. The van der Waals surface area contributed by atoms with Crippen molar-refractivity contribution in [2.75, 3.05) is 0 Å². The van der Waals surface area contributed by atoms with E-state index in [0.717, 1.165) is 5.56 Å². The number of ketones is 1. The fraction of sp³-hybridized carbons (Fsp3) is 0.150. The molecule has 0 N–H and O–H groups in total. The summed E-state index contributed by atoms with van der Waals surface area (Å²) in [5.74, 6) is -0.0287. The SMILES string of the molecule is O=C1c2nccnc2CS(=O)C1c1c(Cl)ccc(Cl)c1OCc1ccccc1. The topological polar surface area (TPSA) is 69.2 Å². The average Bonchev–Trinajstić information content (AvgIpc) is 2.70. The van der Waals surface area contributed by atoms with E-state index in [2.05, 4.69) is 9.97 Å². The highest BCUT2D eigenvalue weighted by Gasteiger charge is 2.39. The van der Waals surface area contributed by atoms with Crippen LogP contribution in [0.25, 0.3) is 0 Å². The van der Waals surface area contributed by atoms with E-state index in [1.54, 1.807) is 12.1 Å². The number of benzene rings is 2. The molecule has 1 aliphatic heterocycles. The maximum Gasteiger partial charge on any atom is 0.203 e. The summed E-state index contributed by atoms with van der Waals surface area (Å²) in [5.41, 5.74) is 1.88. The van der Waals surface area contributed by atoms with Crippen LogP contribution in [0.1, 0.15) is 32.6 Å². The number of carbonyl (C=O) groups is 1. The lowest BCUT2D eigenvalue weighted by Crippen LogP contribution is -2.28. The highest BCUT2D eigenvalue weighted by Crippen LogP contribution is 2.44. The second-order valence-corrected chi connectivity index (χ2v) is 8.50. The quantitative estimate of drug-likeness (QED) is 0.604. The van der Waals surface area contributed by atoms with Gasteiger partial charge in [0.05, 0.1) is 16.5 Å². The van der Waals surface area contributed by atoms with Gasteiger partial charge in [0.2, 0.25) is 5.78 Å². The van der Waals surface area contributed by atoms with Gasteiger partial charge in [-0.25, -0.2) is 4.98 Å². The van der Waals surface area contributed by atoms with Gasteiger partial charge in [-0.15, -0.1) is 0 Å². The van der Waals surface area contributed by atoms with Crippen LogP contribution in [-0.2, 0) is 23.2 Å². The zero-order valence-electron chi connectivity index (χ0n) is 14.5. The van der Waals surface area contributed by atoms with Crippen LogP contribution >= 0.6 is 23.2 Å². The molecular weight excluding hydrogens is 419 g/mol. The summed E-state index contributed by atoms with van der Waals surface area (Å²) in [6.07, 6.45) is 2.92. The summed E-state index contributed by atoms with van der Waals surface area (Å²) in [5, 5.41) is -0.447. The van der Waals surface area contributed by atoms with Crippen LogP contribution in [0.3, 0.4) is 0 Å². The van der Waals surface area contributed by atoms with E-state index >= 15 is 0 Å². The van der Waals surface area contributed by atoms with Crippen LogP contribution in [0.15, 0.2) is 54.9 Å².